The Morgan fingerprint density at radius 1 is 1.19 bits per heavy atom. The van der Waals surface area contributed by atoms with E-state index in [4.69, 9.17) is 0 Å². The summed E-state index contributed by atoms with van der Waals surface area (Å²) in [7, 11) is 0. The molecule has 0 aromatic heterocycles. The monoisotopic (exact) mass is 292 g/mol. The molecule has 0 bridgehead atoms. The Bertz CT molecular complexity index is 468. The summed E-state index contributed by atoms with van der Waals surface area (Å²) in [6.07, 6.45) is 0.466. The van der Waals surface area contributed by atoms with Gasteiger partial charge in [-0.05, 0) is 18.1 Å². The quantitative estimate of drug-likeness (QED) is 0.753. The summed E-state index contributed by atoms with van der Waals surface area (Å²) in [6.45, 7) is 10.6. The molecule has 0 spiro atoms. The molecule has 1 aromatic rings. The van der Waals surface area contributed by atoms with Gasteiger partial charge in [-0.1, -0.05) is 26.0 Å². The minimum atomic E-state index is -0.344. The number of ketones is 1. The topological polar surface area (TPSA) is 23.6 Å². The van der Waals surface area contributed by atoms with Gasteiger partial charge in [-0.15, -0.1) is 0 Å². The smallest absolute Gasteiger partial charge is 0.164 e. The Labute approximate surface area is 126 Å². The van der Waals surface area contributed by atoms with E-state index in [1.807, 2.05) is 0 Å². The Balaban J connectivity index is 1.73. The Morgan fingerprint density at radius 3 is 2.48 bits per heavy atom. The highest BCUT2D eigenvalue weighted by Crippen LogP contribution is 2.09. The lowest BCUT2D eigenvalue weighted by atomic mass is 10.1. The largest absolute Gasteiger partial charge is 0.301 e. The van der Waals surface area contributed by atoms with Crippen LogP contribution in [0.4, 0.5) is 4.39 Å². The summed E-state index contributed by atoms with van der Waals surface area (Å²) < 4.78 is 13.1. The van der Waals surface area contributed by atoms with E-state index in [2.05, 4.69) is 23.6 Å². The van der Waals surface area contributed by atoms with Crippen molar-refractivity contribution in [1.29, 1.82) is 0 Å². The van der Waals surface area contributed by atoms with Crippen molar-refractivity contribution in [2.75, 3.05) is 39.3 Å². The van der Waals surface area contributed by atoms with Gasteiger partial charge in [0, 0.05) is 51.3 Å². The molecule has 1 aliphatic rings. The molecular weight excluding hydrogens is 267 g/mol. The van der Waals surface area contributed by atoms with E-state index in [9.17, 15) is 9.18 Å². The highest BCUT2D eigenvalue weighted by molar-refractivity contribution is 5.96. The normalized spacial score (nSPS) is 17.3. The molecule has 1 aromatic carbocycles. The van der Waals surface area contributed by atoms with E-state index in [0.717, 1.165) is 39.3 Å². The van der Waals surface area contributed by atoms with Crippen LogP contribution in [0.1, 0.15) is 30.6 Å². The van der Waals surface area contributed by atoms with Crippen LogP contribution < -0.4 is 0 Å². The summed E-state index contributed by atoms with van der Waals surface area (Å²) in [5, 5.41) is 0. The van der Waals surface area contributed by atoms with E-state index in [-0.39, 0.29) is 11.6 Å². The van der Waals surface area contributed by atoms with E-state index < -0.39 is 0 Å². The average molecular weight is 292 g/mol. The zero-order valence-corrected chi connectivity index (χ0v) is 13.0. The molecule has 1 heterocycles. The molecule has 0 N–H and O–H groups in total. The standard InChI is InChI=1S/C17H25FN2O/c1-14(2)13-20-10-8-19(9-11-20)7-6-17(21)15-4-3-5-16(18)12-15/h3-5,12,14H,6-11,13H2,1-2H3. The number of benzene rings is 1. The third-order valence-electron chi connectivity index (χ3n) is 3.89. The molecule has 0 amide bonds. The van der Waals surface area contributed by atoms with Crippen LogP contribution in [0.2, 0.25) is 0 Å². The zero-order chi connectivity index (χ0) is 15.2. The molecule has 1 aliphatic heterocycles. The van der Waals surface area contributed by atoms with Crippen LogP contribution in [-0.4, -0.2) is 54.9 Å². The predicted molar refractivity (Wildman–Crippen MR) is 83.1 cm³/mol. The second kappa shape index (κ2) is 7.66. The Morgan fingerprint density at radius 2 is 1.86 bits per heavy atom. The van der Waals surface area contributed by atoms with E-state index in [0.29, 0.717) is 17.9 Å². The first-order valence-corrected chi connectivity index (χ1v) is 7.78. The maximum atomic E-state index is 13.1. The first-order valence-electron chi connectivity index (χ1n) is 7.78. The Kier molecular flexibility index (Phi) is 5.88. The molecule has 0 aliphatic carbocycles. The highest BCUT2D eigenvalue weighted by atomic mass is 19.1. The first-order chi connectivity index (χ1) is 10.0. The lowest BCUT2D eigenvalue weighted by molar-refractivity contribution is 0.0918. The molecule has 116 valence electrons. The minimum Gasteiger partial charge on any atom is -0.301 e. The van der Waals surface area contributed by atoms with Gasteiger partial charge in [-0.25, -0.2) is 4.39 Å². The summed E-state index contributed by atoms with van der Waals surface area (Å²) in [5.41, 5.74) is 0.480. The summed E-state index contributed by atoms with van der Waals surface area (Å²) in [6, 6.07) is 5.97. The number of carbonyl (C=O) groups is 1. The van der Waals surface area contributed by atoms with Gasteiger partial charge in [0.2, 0.25) is 0 Å². The fourth-order valence-corrected chi connectivity index (χ4v) is 2.78. The molecule has 2 rings (SSSR count). The van der Waals surface area contributed by atoms with Crippen molar-refractivity contribution in [2.45, 2.75) is 20.3 Å². The van der Waals surface area contributed by atoms with Crippen LogP contribution in [0.15, 0.2) is 24.3 Å². The number of hydrogen-bond acceptors (Lipinski definition) is 3. The number of nitrogens with zero attached hydrogens (tertiary/aromatic N) is 2. The maximum absolute atomic E-state index is 13.1. The molecule has 21 heavy (non-hydrogen) atoms. The molecule has 1 saturated heterocycles. The fraction of sp³-hybridized carbons (Fsp3) is 0.588. The van der Waals surface area contributed by atoms with E-state index in [1.54, 1.807) is 12.1 Å². The van der Waals surface area contributed by atoms with Gasteiger partial charge in [0.25, 0.3) is 0 Å². The third-order valence-corrected chi connectivity index (χ3v) is 3.89. The molecule has 4 heteroatoms. The van der Waals surface area contributed by atoms with E-state index in [1.165, 1.54) is 12.1 Å². The third kappa shape index (κ3) is 5.21. The second-order valence-electron chi connectivity index (χ2n) is 6.22. The van der Waals surface area contributed by atoms with Gasteiger partial charge in [0.05, 0.1) is 0 Å². The van der Waals surface area contributed by atoms with Gasteiger partial charge in [0.1, 0.15) is 5.82 Å². The molecule has 0 radical (unpaired) electrons. The van der Waals surface area contributed by atoms with Gasteiger partial charge >= 0.3 is 0 Å². The van der Waals surface area contributed by atoms with Crippen LogP contribution in [0, 0.1) is 11.7 Å². The summed E-state index contributed by atoms with van der Waals surface area (Å²) in [5.74, 6) is 0.383. The number of hydrogen-bond donors (Lipinski definition) is 0. The van der Waals surface area contributed by atoms with Crippen molar-refractivity contribution in [3.63, 3.8) is 0 Å². The van der Waals surface area contributed by atoms with E-state index >= 15 is 0 Å². The van der Waals surface area contributed by atoms with Gasteiger partial charge < -0.3 is 9.80 Å². The second-order valence-corrected chi connectivity index (χ2v) is 6.22. The molecule has 3 nitrogen and oxygen atoms in total. The molecular formula is C17H25FN2O. The van der Waals surface area contributed by atoms with Crippen molar-refractivity contribution < 1.29 is 9.18 Å². The molecule has 0 atom stereocenters. The fourth-order valence-electron chi connectivity index (χ4n) is 2.78. The van der Waals surface area contributed by atoms with Crippen LogP contribution in [0.3, 0.4) is 0 Å². The Hall–Kier alpha value is -1.26. The number of piperazine rings is 1. The lowest BCUT2D eigenvalue weighted by Gasteiger charge is -2.35. The molecule has 0 saturated carbocycles. The average Bonchev–Trinajstić information content (AvgIpc) is 2.45. The molecule has 1 fully saturated rings. The number of halogens is 1. The number of Topliss-reactive ketones (excluding diaryl/α,β-unsaturated/α-hetero) is 1. The first kappa shape index (κ1) is 16.1. The van der Waals surface area contributed by atoms with Crippen molar-refractivity contribution in [3.8, 4) is 0 Å². The maximum Gasteiger partial charge on any atom is 0.164 e. The van der Waals surface area contributed by atoms with Gasteiger partial charge in [-0.3, -0.25) is 4.79 Å². The summed E-state index contributed by atoms with van der Waals surface area (Å²) in [4.78, 5) is 16.9. The SMILES string of the molecule is CC(C)CN1CCN(CCC(=O)c2cccc(F)c2)CC1. The highest BCUT2D eigenvalue weighted by Gasteiger charge is 2.18. The zero-order valence-electron chi connectivity index (χ0n) is 13.0. The minimum absolute atomic E-state index is 0.0270. The van der Waals surface area contributed by atoms with Crippen LogP contribution in [0.25, 0.3) is 0 Å². The van der Waals surface area contributed by atoms with Gasteiger partial charge in [0.15, 0.2) is 5.78 Å². The van der Waals surface area contributed by atoms with Crippen LogP contribution in [-0.2, 0) is 0 Å². The lowest BCUT2D eigenvalue weighted by Crippen LogP contribution is -2.47. The van der Waals surface area contributed by atoms with Gasteiger partial charge in [-0.2, -0.15) is 0 Å². The van der Waals surface area contributed by atoms with Crippen molar-refractivity contribution in [2.24, 2.45) is 5.92 Å². The van der Waals surface area contributed by atoms with Crippen molar-refractivity contribution in [1.82, 2.24) is 9.80 Å². The number of carbonyl (C=O) groups excluding carboxylic acids is 1. The van der Waals surface area contributed by atoms with Crippen LogP contribution in [0.5, 0.6) is 0 Å². The van der Waals surface area contributed by atoms with Crippen LogP contribution >= 0.6 is 0 Å². The van der Waals surface area contributed by atoms with Crippen molar-refractivity contribution >= 4 is 5.78 Å². The van der Waals surface area contributed by atoms with Crippen molar-refractivity contribution in [3.05, 3.63) is 35.6 Å². The number of rotatable bonds is 6. The predicted octanol–water partition coefficient (Wildman–Crippen LogP) is 2.67. The summed E-state index contributed by atoms with van der Waals surface area (Å²) >= 11 is 0. The molecule has 0 unspecified atom stereocenters.